The molecule has 4 heterocycles. The van der Waals surface area contributed by atoms with Crippen LogP contribution in [0.4, 0.5) is 5.95 Å². The summed E-state index contributed by atoms with van der Waals surface area (Å²) in [4.78, 5) is 11.3. The van der Waals surface area contributed by atoms with E-state index in [0.717, 1.165) is 29.3 Å². The van der Waals surface area contributed by atoms with Gasteiger partial charge in [0, 0.05) is 62.7 Å². The standard InChI is InChI=1S/C18H24N6O2S/c1-23-7-13(5-21-23)8-24-9-15-16(10-24)27(25,26)11-14-6-20-18(22-17(14)15)19-4-12-2-3-12/h5-7,12,15-16H,2-4,8-11H2,1H3,(H,19,20,22)/t15-,16+/m0/s1. The molecule has 0 aromatic carbocycles. The van der Waals surface area contributed by atoms with E-state index < -0.39 is 9.84 Å². The Labute approximate surface area is 158 Å². The third-order valence-corrected chi connectivity index (χ3v) is 7.93. The normalized spacial score (nSPS) is 26.6. The number of fused-ring (bicyclic) bond motifs is 3. The molecule has 0 spiro atoms. The van der Waals surface area contributed by atoms with Crippen molar-refractivity contribution in [3.8, 4) is 0 Å². The van der Waals surface area contributed by atoms with Crippen molar-refractivity contribution in [1.29, 1.82) is 0 Å². The van der Waals surface area contributed by atoms with Crippen molar-refractivity contribution in [3.63, 3.8) is 0 Å². The van der Waals surface area contributed by atoms with Crippen LogP contribution in [0.25, 0.3) is 0 Å². The van der Waals surface area contributed by atoms with Crippen molar-refractivity contribution in [2.24, 2.45) is 13.0 Å². The number of hydrogen-bond acceptors (Lipinski definition) is 7. The minimum atomic E-state index is -3.19. The second-order valence-electron chi connectivity index (χ2n) is 8.10. The SMILES string of the molecule is Cn1cc(CN2C[C@@H]3c4nc(NCC5CC5)ncc4CS(=O)(=O)[C@@H]3C2)cn1. The zero-order valence-electron chi connectivity index (χ0n) is 15.4. The molecule has 0 radical (unpaired) electrons. The molecule has 27 heavy (non-hydrogen) atoms. The Morgan fingerprint density at radius 3 is 2.85 bits per heavy atom. The van der Waals surface area contributed by atoms with E-state index in [0.29, 0.717) is 25.6 Å². The number of likely N-dealkylation sites (tertiary alicyclic amines) is 1. The van der Waals surface area contributed by atoms with Crippen LogP contribution in [0.15, 0.2) is 18.6 Å². The van der Waals surface area contributed by atoms with Crippen LogP contribution in [0.3, 0.4) is 0 Å². The minimum absolute atomic E-state index is 0.0487. The number of nitrogens with zero attached hydrogens (tertiary/aromatic N) is 5. The van der Waals surface area contributed by atoms with Crippen LogP contribution in [-0.4, -0.2) is 58.0 Å². The quantitative estimate of drug-likeness (QED) is 0.814. The summed E-state index contributed by atoms with van der Waals surface area (Å²) in [6.07, 6.45) is 8.06. The van der Waals surface area contributed by atoms with Gasteiger partial charge in [-0.25, -0.2) is 18.4 Å². The molecule has 2 aromatic heterocycles. The van der Waals surface area contributed by atoms with Crippen LogP contribution in [0.2, 0.25) is 0 Å². The lowest BCUT2D eigenvalue weighted by atomic mass is 10.00. The highest BCUT2D eigenvalue weighted by Crippen LogP contribution is 2.39. The monoisotopic (exact) mass is 388 g/mol. The maximum Gasteiger partial charge on any atom is 0.222 e. The Kier molecular flexibility index (Phi) is 3.98. The molecule has 2 aromatic rings. The molecule has 1 saturated heterocycles. The fourth-order valence-corrected chi connectivity index (χ4v) is 6.26. The van der Waals surface area contributed by atoms with Gasteiger partial charge in [-0.05, 0) is 18.8 Å². The Morgan fingerprint density at radius 2 is 2.11 bits per heavy atom. The number of rotatable bonds is 5. The highest BCUT2D eigenvalue weighted by atomic mass is 32.2. The molecule has 144 valence electrons. The smallest absolute Gasteiger partial charge is 0.222 e. The van der Waals surface area contributed by atoms with Crippen LogP contribution in [0.5, 0.6) is 0 Å². The molecular weight excluding hydrogens is 364 g/mol. The van der Waals surface area contributed by atoms with Gasteiger partial charge in [0.2, 0.25) is 5.95 Å². The predicted octanol–water partition coefficient (Wildman–Crippen LogP) is 0.928. The van der Waals surface area contributed by atoms with Crippen molar-refractivity contribution in [1.82, 2.24) is 24.6 Å². The second kappa shape index (κ2) is 6.27. The Morgan fingerprint density at radius 1 is 1.26 bits per heavy atom. The van der Waals surface area contributed by atoms with Crippen LogP contribution in [0, 0.1) is 5.92 Å². The highest BCUT2D eigenvalue weighted by Gasteiger charge is 2.47. The largest absolute Gasteiger partial charge is 0.354 e. The molecule has 1 aliphatic carbocycles. The molecule has 2 fully saturated rings. The van der Waals surface area contributed by atoms with E-state index in [2.05, 4.69) is 20.3 Å². The summed E-state index contributed by atoms with van der Waals surface area (Å²) in [6.45, 7) is 2.86. The number of sulfone groups is 1. The van der Waals surface area contributed by atoms with Gasteiger partial charge in [-0.15, -0.1) is 0 Å². The molecule has 0 bridgehead atoms. The van der Waals surface area contributed by atoms with Crippen molar-refractivity contribution in [2.45, 2.75) is 36.3 Å². The summed E-state index contributed by atoms with van der Waals surface area (Å²) in [6, 6.07) is 0. The van der Waals surface area contributed by atoms with Crippen molar-refractivity contribution in [2.75, 3.05) is 25.0 Å². The summed E-state index contributed by atoms with van der Waals surface area (Å²) in [5.74, 6) is 1.33. The highest BCUT2D eigenvalue weighted by molar-refractivity contribution is 7.91. The molecule has 0 amide bonds. The number of hydrogen-bond donors (Lipinski definition) is 1. The maximum atomic E-state index is 12.8. The van der Waals surface area contributed by atoms with Crippen molar-refractivity contribution >= 4 is 15.8 Å². The van der Waals surface area contributed by atoms with Gasteiger partial charge in [0.25, 0.3) is 0 Å². The number of nitrogens with one attached hydrogen (secondary N) is 1. The van der Waals surface area contributed by atoms with Gasteiger partial charge in [0.15, 0.2) is 9.84 Å². The van der Waals surface area contributed by atoms with Crippen molar-refractivity contribution < 1.29 is 8.42 Å². The molecule has 3 aliphatic rings. The summed E-state index contributed by atoms with van der Waals surface area (Å²) in [5, 5.41) is 7.14. The third-order valence-electron chi connectivity index (χ3n) is 5.82. The predicted molar refractivity (Wildman–Crippen MR) is 101 cm³/mol. The first-order valence-corrected chi connectivity index (χ1v) is 11.2. The van der Waals surface area contributed by atoms with Gasteiger partial charge in [0.1, 0.15) is 0 Å². The van der Waals surface area contributed by atoms with Gasteiger partial charge in [-0.1, -0.05) is 0 Å². The first-order chi connectivity index (χ1) is 13.0. The van der Waals surface area contributed by atoms with E-state index in [1.807, 2.05) is 19.4 Å². The van der Waals surface area contributed by atoms with Crippen LogP contribution in [0.1, 0.15) is 35.6 Å². The Bertz CT molecular complexity index is 968. The molecule has 9 heteroatoms. The van der Waals surface area contributed by atoms with E-state index in [1.165, 1.54) is 12.8 Å². The summed E-state index contributed by atoms with van der Waals surface area (Å²) < 4.78 is 27.4. The Hall–Kier alpha value is -2.00. The first-order valence-electron chi connectivity index (χ1n) is 9.49. The zero-order valence-corrected chi connectivity index (χ0v) is 16.2. The van der Waals surface area contributed by atoms with Gasteiger partial charge in [0.05, 0.1) is 22.9 Å². The molecule has 5 rings (SSSR count). The summed E-state index contributed by atoms with van der Waals surface area (Å²) in [5.41, 5.74) is 2.77. The van der Waals surface area contributed by atoms with E-state index in [9.17, 15) is 8.42 Å². The van der Waals surface area contributed by atoms with Gasteiger partial charge in [-0.3, -0.25) is 9.58 Å². The molecule has 2 aliphatic heterocycles. The topological polar surface area (TPSA) is 93.0 Å². The molecule has 0 unspecified atom stereocenters. The lowest BCUT2D eigenvalue weighted by Crippen LogP contribution is -2.35. The molecule has 8 nitrogen and oxygen atoms in total. The molecule has 1 saturated carbocycles. The van der Waals surface area contributed by atoms with Gasteiger partial charge in [-0.2, -0.15) is 5.10 Å². The maximum absolute atomic E-state index is 12.8. The molecule has 1 N–H and O–H groups in total. The van der Waals surface area contributed by atoms with Crippen molar-refractivity contribution in [3.05, 3.63) is 35.4 Å². The number of aromatic nitrogens is 4. The minimum Gasteiger partial charge on any atom is -0.354 e. The Balaban J connectivity index is 1.40. The van der Waals surface area contributed by atoms with Crippen LogP contribution in [-0.2, 0) is 29.2 Å². The van der Waals surface area contributed by atoms with Gasteiger partial charge < -0.3 is 5.32 Å². The summed E-state index contributed by atoms with van der Waals surface area (Å²) >= 11 is 0. The first kappa shape index (κ1) is 17.1. The van der Waals surface area contributed by atoms with E-state index in [4.69, 9.17) is 4.98 Å². The number of aryl methyl sites for hydroxylation is 1. The fraction of sp³-hybridized carbons (Fsp3) is 0.611. The van der Waals surface area contributed by atoms with Gasteiger partial charge >= 0.3 is 0 Å². The molecule has 2 atom stereocenters. The zero-order chi connectivity index (χ0) is 18.6. The fourth-order valence-electron chi connectivity index (χ4n) is 4.24. The van der Waals surface area contributed by atoms with E-state index >= 15 is 0 Å². The van der Waals surface area contributed by atoms with E-state index in [-0.39, 0.29) is 16.9 Å². The average Bonchev–Trinajstić information content (AvgIpc) is 3.21. The number of anilines is 1. The second-order valence-corrected chi connectivity index (χ2v) is 10.3. The summed E-state index contributed by atoms with van der Waals surface area (Å²) in [7, 11) is -1.30. The molecular formula is C18H24N6O2S. The van der Waals surface area contributed by atoms with E-state index in [1.54, 1.807) is 10.9 Å². The van der Waals surface area contributed by atoms with Crippen LogP contribution >= 0.6 is 0 Å². The van der Waals surface area contributed by atoms with Crippen LogP contribution < -0.4 is 5.32 Å². The third kappa shape index (κ3) is 3.34. The lowest BCUT2D eigenvalue weighted by Gasteiger charge is -2.26. The lowest BCUT2D eigenvalue weighted by molar-refractivity contribution is 0.326. The average molecular weight is 388 g/mol.